The standard InChI is InChI=1S/C25H25N3O2S/c1-16-10-17(2)21(18(3)11-16)13-24(29)28(15-19-6-5-9-26-14-19)25-27-22-12-20(30-4)7-8-23(22)31-25/h5-12,14H,13,15H2,1-4H3. The highest BCUT2D eigenvalue weighted by Crippen LogP contribution is 2.32. The number of nitrogens with zero attached hydrogens (tertiary/aromatic N) is 3. The van der Waals surface area contributed by atoms with E-state index in [4.69, 9.17) is 9.72 Å². The molecule has 0 saturated heterocycles. The van der Waals surface area contributed by atoms with Crippen LogP contribution in [-0.2, 0) is 17.8 Å². The number of benzene rings is 2. The van der Waals surface area contributed by atoms with Gasteiger partial charge in [-0.3, -0.25) is 14.7 Å². The Labute approximate surface area is 186 Å². The van der Waals surface area contributed by atoms with E-state index in [-0.39, 0.29) is 5.91 Å². The van der Waals surface area contributed by atoms with Crippen LogP contribution in [0.4, 0.5) is 5.13 Å². The van der Waals surface area contributed by atoms with E-state index in [1.54, 1.807) is 24.4 Å². The van der Waals surface area contributed by atoms with Gasteiger partial charge in [-0.2, -0.15) is 0 Å². The fraction of sp³-hybridized carbons (Fsp3) is 0.240. The molecular formula is C25H25N3O2S. The highest BCUT2D eigenvalue weighted by molar-refractivity contribution is 7.22. The molecule has 0 unspecified atom stereocenters. The zero-order valence-corrected chi connectivity index (χ0v) is 19.0. The maximum absolute atomic E-state index is 13.6. The second kappa shape index (κ2) is 8.86. The summed E-state index contributed by atoms with van der Waals surface area (Å²) in [7, 11) is 1.64. The minimum absolute atomic E-state index is 0.0185. The van der Waals surface area contributed by atoms with Crippen molar-refractivity contribution in [3.05, 3.63) is 82.7 Å². The average Bonchev–Trinajstić information content (AvgIpc) is 3.18. The molecule has 2 aromatic carbocycles. The maximum Gasteiger partial charge on any atom is 0.233 e. The lowest BCUT2D eigenvalue weighted by atomic mass is 9.97. The van der Waals surface area contributed by atoms with Gasteiger partial charge in [0, 0.05) is 18.5 Å². The highest BCUT2D eigenvalue weighted by Gasteiger charge is 2.22. The molecule has 31 heavy (non-hydrogen) atoms. The van der Waals surface area contributed by atoms with E-state index < -0.39 is 0 Å². The fourth-order valence-corrected chi connectivity index (χ4v) is 4.77. The largest absolute Gasteiger partial charge is 0.497 e. The van der Waals surface area contributed by atoms with Gasteiger partial charge in [0.2, 0.25) is 5.91 Å². The molecule has 1 amide bonds. The number of hydrogen-bond donors (Lipinski definition) is 0. The third-order valence-corrected chi connectivity index (χ3v) is 6.41. The molecule has 0 saturated carbocycles. The zero-order chi connectivity index (χ0) is 22.0. The van der Waals surface area contributed by atoms with Crippen LogP contribution in [-0.4, -0.2) is 23.0 Å². The minimum Gasteiger partial charge on any atom is -0.497 e. The molecule has 0 aliphatic carbocycles. The Bertz CT molecular complexity index is 1210. The van der Waals surface area contributed by atoms with Gasteiger partial charge in [0.15, 0.2) is 5.13 Å². The molecule has 0 bridgehead atoms. The van der Waals surface area contributed by atoms with E-state index in [1.165, 1.54) is 16.9 Å². The molecule has 2 heterocycles. The predicted molar refractivity (Wildman–Crippen MR) is 126 cm³/mol. The highest BCUT2D eigenvalue weighted by atomic mass is 32.1. The number of ether oxygens (including phenoxy) is 1. The van der Waals surface area contributed by atoms with Crippen LogP contribution in [0, 0.1) is 20.8 Å². The first kappa shape index (κ1) is 21.0. The van der Waals surface area contributed by atoms with Crippen LogP contribution in [0.3, 0.4) is 0 Å². The third-order valence-electron chi connectivity index (χ3n) is 5.35. The van der Waals surface area contributed by atoms with Crippen molar-refractivity contribution in [1.29, 1.82) is 0 Å². The number of pyridine rings is 1. The molecule has 158 valence electrons. The summed E-state index contributed by atoms with van der Waals surface area (Å²) in [5.74, 6) is 0.769. The van der Waals surface area contributed by atoms with Gasteiger partial charge in [0.1, 0.15) is 5.75 Å². The molecule has 0 atom stereocenters. The smallest absolute Gasteiger partial charge is 0.233 e. The number of amides is 1. The Kier molecular flexibility index (Phi) is 6.00. The van der Waals surface area contributed by atoms with Crippen LogP contribution in [0.2, 0.25) is 0 Å². The van der Waals surface area contributed by atoms with E-state index >= 15 is 0 Å². The molecule has 0 fully saturated rings. The van der Waals surface area contributed by atoms with Crippen LogP contribution in [0.25, 0.3) is 10.2 Å². The quantitative estimate of drug-likeness (QED) is 0.410. The number of methoxy groups -OCH3 is 1. The van der Waals surface area contributed by atoms with E-state index in [0.717, 1.165) is 38.2 Å². The Morgan fingerprint density at radius 1 is 1.10 bits per heavy atom. The van der Waals surface area contributed by atoms with Crippen molar-refractivity contribution in [2.24, 2.45) is 0 Å². The summed E-state index contributed by atoms with van der Waals surface area (Å²) in [6.07, 6.45) is 3.86. The molecule has 4 aromatic rings. The van der Waals surface area contributed by atoms with Gasteiger partial charge >= 0.3 is 0 Å². The number of aromatic nitrogens is 2. The molecule has 0 radical (unpaired) electrons. The summed E-state index contributed by atoms with van der Waals surface area (Å²) in [6, 6.07) is 13.9. The van der Waals surface area contributed by atoms with Crippen molar-refractivity contribution in [3.8, 4) is 5.75 Å². The molecule has 0 N–H and O–H groups in total. The number of carbonyl (C=O) groups is 1. The topological polar surface area (TPSA) is 55.3 Å². The van der Waals surface area contributed by atoms with Gasteiger partial charge in [-0.15, -0.1) is 0 Å². The van der Waals surface area contributed by atoms with Gasteiger partial charge in [0.05, 0.1) is 30.3 Å². The van der Waals surface area contributed by atoms with E-state index in [2.05, 4.69) is 37.9 Å². The van der Waals surface area contributed by atoms with Crippen molar-refractivity contribution in [2.45, 2.75) is 33.7 Å². The van der Waals surface area contributed by atoms with Crippen molar-refractivity contribution >= 4 is 32.6 Å². The Balaban J connectivity index is 1.71. The van der Waals surface area contributed by atoms with Crippen molar-refractivity contribution < 1.29 is 9.53 Å². The van der Waals surface area contributed by atoms with Crippen LogP contribution in [0.1, 0.15) is 27.8 Å². The van der Waals surface area contributed by atoms with E-state index in [0.29, 0.717) is 18.1 Å². The lowest BCUT2D eigenvalue weighted by Gasteiger charge is -2.21. The summed E-state index contributed by atoms with van der Waals surface area (Å²) in [5, 5.41) is 0.680. The van der Waals surface area contributed by atoms with Crippen LogP contribution in [0.5, 0.6) is 5.75 Å². The number of thiazole rings is 1. The molecular weight excluding hydrogens is 406 g/mol. The second-order valence-corrected chi connectivity index (χ2v) is 8.73. The predicted octanol–water partition coefficient (Wildman–Crippen LogP) is 5.40. The fourth-order valence-electron chi connectivity index (χ4n) is 3.81. The van der Waals surface area contributed by atoms with Gasteiger partial charge in [-0.25, -0.2) is 4.98 Å². The first-order chi connectivity index (χ1) is 14.9. The lowest BCUT2D eigenvalue weighted by molar-refractivity contribution is -0.118. The first-order valence-electron chi connectivity index (χ1n) is 10.1. The summed E-state index contributed by atoms with van der Waals surface area (Å²) in [6.45, 7) is 6.64. The monoisotopic (exact) mass is 431 g/mol. The van der Waals surface area contributed by atoms with Crippen LogP contribution in [0.15, 0.2) is 54.9 Å². The minimum atomic E-state index is 0.0185. The van der Waals surface area contributed by atoms with Gasteiger partial charge < -0.3 is 4.74 Å². The van der Waals surface area contributed by atoms with Gasteiger partial charge in [-0.1, -0.05) is 35.1 Å². The number of fused-ring (bicyclic) bond motifs is 1. The molecule has 6 heteroatoms. The second-order valence-electron chi connectivity index (χ2n) is 7.73. The van der Waals surface area contributed by atoms with E-state index in [9.17, 15) is 4.79 Å². The number of carbonyl (C=O) groups excluding carboxylic acids is 1. The third kappa shape index (κ3) is 4.59. The SMILES string of the molecule is COc1ccc2sc(N(Cc3cccnc3)C(=O)Cc3c(C)cc(C)cc3C)nc2c1. The normalized spacial score (nSPS) is 11.0. The molecule has 5 nitrogen and oxygen atoms in total. The summed E-state index contributed by atoms with van der Waals surface area (Å²) < 4.78 is 6.34. The Morgan fingerprint density at radius 3 is 2.55 bits per heavy atom. The lowest BCUT2D eigenvalue weighted by Crippen LogP contribution is -2.32. The van der Waals surface area contributed by atoms with Gasteiger partial charge in [0.25, 0.3) is 0 Å². The van der Waals surface area contributed by atoms with E-state index in [1.807, 2.05) is 30.3 Å². The Hall–Kier alpha value is -3.25. The molecule has 0 spiro atoms. The molecule has 0 aliphatic heterocycles. The van der Waals surface area contributed by atoms with Crippen LogP contribution < -0.4 is 9.64 Å². The summed E-state index contributed by atoms with van der Waals surface area (Å²) in [4.78, 5) is 24.3. The maximum atomic E-state index is 13.6. The Morgan fingerprint density at radius 2 is 1.87 bits per heavy atom. The number of anilines is 1. The van der Waals surface area contributed by atoms with Crippen LogP contribution >= 0.6 is 11.3 Å². The van der Waals surface area contributed by atoms with Gasteiger partial charge in [-0.05, 0) is 61.2 Å². The van der Waals surface area contributed by atoms with Crippen molar-refractivity contribution in [3.63, 3.8) is 0 Å². The average molecular weight is 432 g/mol. The summed E-state index contributed by atoms with van der Waals surface area (Å²) in [5.41, 5.74) is 6.35. The first-order valence-corrected chi connectivity index (χ1v) is 11.0. The molecule has 2 aromatic heterocycles. The molecule has 0 aliphatic rings. The number of rotatable bonds is 6. The number of aryl methyl sites for hydroxylation is 3. The summed E-state index contributed by atoms with van der Waals surface area (Å²) >= 11 is 1.51. The van der Waals surface area contributed by atoms with Crippen molar-refractivity contribution in [1.82, 2.24) is 9.97 Å². The van der Waals surface area contributed by atoms with Crippen molar-refractivity contribution in [2.75, 3.05) is 12.0 Å². The number of hydrogen-bond acceptors (Lipinski definition) is 5. The zero-order valence-electron chi connectivity index (χ0n) is 18.2. The molecule has 4 rings (SSSR count).